The molecule has 0 bridgehead atoms. The Morgan fingerprint density at radius 1 is 1.18 bits per heavy atom. The normalized spacial score (nSPS) is 11.1. The summed E-state index contributed by atoms with van der Waals surface area (Å²) in [5, 5.41) is 12.4. The zero-order valence-corrected chi connectivity index (χ0v) is 20.3. The summed E-state index contributed by atoms with van der Waals surface area (Å²) in [6.07, 6.45) is 1.85. The van der Waals surface area contributed by atoms with E-state index in [4.69, 9.17) is 4.74 Å². The van der Waals surface area contributed by atoms with Crippen molar-refractivity contribution in [2.24, 2.45) is 0 Å². The molecule has 0 aromatic heterocycles. The van der Waals surface area contributed by atoms with Gasteiger partial charge < -0.3 is 10.1 Å². The molecule has 0 saturated carbocycles. The number of carbonyl (C=O) groups excluding carboxylic acids is 1. The predicted octanol–water partition coefficient (Wildman–Crippen LogP) is 6.74. The highest BCUT2D eigenvalue weighted by Crippen LogP contribution is 2.33. The number of hydrogen-bond acceptors (Lipinski definition) is 3. The number of ether oxygens (including phenoxy) is 1. The quantitative estimate of drug-likeness (QED) is 0.285. The van der Waals surface area contributed by atoms with Crippen LogP contribution in [0, 0.1) is 31.0 Å². The lowest BCUT2D eigenvalue weighted by atomic mass is 10.0. The molecular formula is C27H24BrFN2O2. The number of anilines is 1. The minimum atomic E-state index is -0.492. The van der Waals surface area contributed by atoms with Crippen molar-refractivity contribution in [3.05, 3.63) is 98.3 Å². The van der Waals surface area contributed by atoms with Crippen molar-refractivity contribution in [2.75, 3.05) is 11.9 Å². The first-order valence-corrected chi connectivity index (χ1v) is 11.3. The number of nitrogens with one attached hydrogen (secondary N) is 1. The molecule has 0 aliphatic rings. The molecule has 4 nitrogen and oxygen atoms in total. The summed E-state index contributed by atoms with van der Waals surface area (Å²) in [6, 6.07) is 17.8. The van der Waals surface area contributed by atoms with E-state index < -0.39 is 5.91 Å². The van der Waals surface area contributed by atoms with E-state index in [9.17, 15) is 14.4 Å². The maximum absolute atomic E-state index is 14.2. The number of carbonyl (C=O) groups is 1. The molecule has 0 radical (unpaired) electrons. The van der Waals surface area contributed by atoms with Crippen LogP contribution >= 0.6 is 15.9 Å². The van der Waals surface area contributed by atoms with Gasteiger partial charge in [-0.2, -0.15) is 5.26 Å². The molecule has 0 atom stereocenters. The monoisotopic (exact) mass is 506 g/mol. The Morgan fingerprint density at radius 2 is 1.94 bits per heavy atom. The van der Waals surface area contributed by atoms with E-state index in [1.165, 1.54) is 12.1 Å². The lowest BCUT2D eigenvalue weighted by molar-refractivity contribution is -0.112. The van der Waals surface area contributed by atoms with Crippen LogP contribution in [-0.4, -0.2) is 12.5 Å². The van der Waals surface area contributed by atoms with Gasteiger partial charge in [0, 0.05) is 22.1 Å². The van der Waals surface area contributed by atoms with Crippen molar-refractivity contribution >= 4 is 33.6 Å². The Labute approximate surface area is 201 Å². The molecule has 3 rings (SSSR count). The zero-order valence-electron chi connectivity index (χ0n) is 18.7. The summed E-state index contributed by atoms with van der Waals surface area (Å²) >= 11 is 3.55. The van der Waals surface area contributed by atoms with Gasteiger partial charge in [-0.3, -0.25) is 4.79 Å². The van der Waals surface area contributed by atoms with Crippen LogP contribution in [0.4, 0.5) is 10.1 Å². The third-order valence-electron chi connectivity index (χ3n) is 5.11. The lowest BCUT2D eigenvalue weighted by Crippen LogP contribution is -2.14. The molecule has 0 spiro atoms. The van der Waals surface area contributed by atoms with Crippen LogP contribution in [0.2, 0.25) is 0 Å². The SMILES string of the molecule is CCOc1cc(/C=C(\C#N)C(=O)Nc2ccc(C)cc2C)cc(Br)c1Cc1ccccc1F. The van der Waals surface area contributed by atoms with Gasteiger partial charge in [-0.15, -0.1) is 0 Å². The Bertz CT molecular complexity index is 1260. The number of aryl methyl sites for hydroxylation is 2. The molecule has 0 aliphatic carbocycles. The third-order valence-corrected chi connectivity index (χ3v) is 5.82. The van der Waals surface area contributed by atoms with Gasteiger partial charge >= 0.3 is 0 Å². The van der Waals surface area contributed by atoms with Gasteiger partial charge in [-0.05, 0) is 67.8 Å². The van der Waals surface area contributed by atoms with E-state index >= 15 is 0 Å². The van der Waals surface area contributed by atoms with E-state index in [-0.39, 0.29) is 11.4 Å². The van der Waals surface area contributed by atoms with Gasteiger partial charge in [0.05, 0.1) is 6.61 Å². The van der Waals surface area contributed by atoms with Crippen LogP contribution in [0.25, 0.3) is 6.08 Å². The van der Waals surface area contributed by atoms with Crippen molar-refractivity contribution < 1.29 is 13.9 Å². The fourth-order valence-electron chi connectivity index (χ4n) is 3.46. The zero-order chi connectivity index (χ0) is 24.0. The number of nitrogens with zero attached hydrogens (tertiary/aromatic N) is 1. The first kappa shape index (κ1) is 24.2. The van der Waals surface area contributed by atoms with Crippen LogP contribution in [0.15, 0.2) is 64.6 Å². The molecule has 6 heteroatoms. The molecule has 33 heavy (non-hydrogen) atoms. The van der Waals surface area contributed by atoms with Gasteiger partial charge in [0.2, 0.25) is 0 Å². The molecule has 3 aromatic carbocycles. The maximum atomic E-state index is 14.2. The predicted molar refractivity (Wildman–Crippen MR) is 133 cm³/mol. The van der Waals surface area contributed by atoms with Crippen LogP contribution in [0.5, 0.6) is 5.75 Å². The summed E-state index contributed by atoms with van der Waals surface area (Å²) in [5.41, 5.74) is 4.58. The molecule has 0 heterocycles. The number of rotatable bonds is 7. The second kappa shape index (κ2) is 10.9. The van der Waals surface area contributed by atoms with Gasteiger partial charge in [0.1, 0.15) is 23.2 Å². The average molecular weight is 507 g/mol. The molecule has 1 amide bonds. The van der Waals surface area contributed by atoms with Crippen molar-refractivity contribution in [1.29, 1.82) is 5.26 Å². The average Bonchev–Trinajstić information content (AvgIpc) is 2.77. The van der Waals surface area contributed by atoms with E-state index in [0.29, 0.717) is 40.1 Å². The van der Waals surface area contributed by atoms with E-state index in [0.717, 1.165) is 16.7 Å². The number of halogens is 2. The Kier molecular flexibility index (Phi) is 8.02. The van der Waals surface area contributed by atoms with Gasteiger partial charge in [-0.1, -0.05) is 51.8 Å². The molecule has 168 valence electrons. The second-order valence-corrected chi connectivity index (χ2v) is 8.48. The first-order valence-electron chi connectivity index (χ1n) is 10.5. The van der Waals surface area contributed by atoms with Gasteiger partial charge in [0.15, 0.2) is 0 Å². The minimum absolute atomic E-state index is 0.0359. The van der Waals surface area contributed by atoms with Gasteiger partial charge in [-0.25, -0.2) is 4.39 Å². The maximum Gasteiger partial charge on any atom is 0.266 e. The summed E-state index contributed by atoms with van der Waals surface area (Å²) < 4.78 is 20.7. The van der Waals surface area contributed by atoms with Crippen LogP contribution in [0.3, 0.4) is 0 Å². The fourth-order valence-corrected chi connectivity index (χ4v) is 4.06. The molecule has 0 aliphatic heterocycles. The highest BCUT2D eigenvalue weighted by atomic mass is 79.9. The number of amides is 1. The summed E-state index contributed by atoms with van der Waals surface area (Å²) in [6.45, 7) is 6.16. The van der Waals surface area contributed by atoms with Crippen molar-refractivity contribution in [3.8, 4) is 11.8 Å². The Hall–Kier alpha value is -3.43. The third kappa shape index (κ3) is 6.09. The summed E-state index contributed by atoms with van der Waals surface area (Å²) in [7, 11) is 0. The van der Waals surface area contributed by atoms with E-state index in [1.807, 2.05) is 45.0 Å². The smallest absolute Gasteiger partial charge is 0.266 e. The molecule has 3 aromatic rings. The van der Waals surface area contributed by atoms with Crippen LogP contribution in [0.1, 0.15) is 34.7 Å². The standard InChI is InChI=1S/C27H24BrFN2O2/c1-4-33-26-14-19(13-23(28)22(26)15-20-7-5-6-8-24(20)29)12-21(16-30)27(32)31-25-10-9-17(2)11-18(25)3/h5-14H,4,15H2,1-3H3,(H,31,32)/b21-12+. The summed E-state index contributed by atoms with van der Waals surface area (Å²) in [4.78, 5) is 12.7. The fraction of sp³-hybridized carbons (Fsp3) is 0.185. The van der Waals surface area contributed by atoms with E-state index in [1.54, 1.807) is 30.3 Å². The van der Waals surface area contributed by atoms with Crippen molar-refractivity contribution in [2.45, 2.75) is 27.2 Å². The topological polar surface area (TPSA) is 62.1 Å². The molecule has 0 saturated heterocycles. The number of benzene rings is 3. The molecule has 1 N–H and O–H groups in total. The van der Waals surface area contributed by atoms with Crippen molar-refractivity contribution in [3.63, 3.8) is 0 Å². The number of nitriles is 1. The highest BCUT2D eigenvalue weighted by molar-refractivity contribution is 9.10. The number of hydrogen-bond donors (Lipinski definition) is 1. The molecule has 0 fully saturated rings. The Morgan fingerprint density at radius 3 is 2.61 bits per heavy atom. The molecular weight excluding hydrogens is 483 g/mol. The first-order chi connectivity index (χ1) is 15.8. The highest BCUT2D eigenvalue weighted by Gasteiger charge is 2.15. The van der Waals surface area contributed by atoms with Crippen LogP contribution in [-0.2, 0) is 11.2 Å². The van der Waals surface area contributed by atoms with Crippen molar-refractivity contribution in [1.82, 2.24) is 0 Å². The summed E-state index contributed by atoms with van der Waals surface area (Å²) in [5.74, 6) is -0.215. The largest absolute Gasteiger partial charge is 0.494 e. The minimum Gasteiger partial charge on any atom is -0.494 e. The van der Waals surface area contributed by atoms with Gasteiger partial charge in [0.25, 0.3) is 5.91 Å². The lowest BCUT2D eigenvalue weighted by Gasteiger charge is -2.14. The second-order valence-electron chi connectivity index (χ2n) is 7.62. The Balaban J connectivity index is 1.93. The van der Waals surface area contributed by atoms with E-state index in [2.05, 4.69) is 21.2 Å². The van der Waals surface area contributed by atoms with Crippen LogP contribution < -0.4 is 10.1 Å². The molecule has 0 unspecified atom stereocenters.